The van der Waals surface area contributed by atoms with Crippen LogP contribution in [0.15, 0.2) is 83.7 Å². The number of carbonyl (C=O) groups excluding carboxylic acids is 1. The third-order valence-electron chi connectivity index (χ3n) is 5.45. The van der Waals surface area contributed by atoms with E-state index in [2.05, 4.69) is 36.9 Å². The van der Waals surface area contributed by atoms with E-state index in [-0.39, 0.29) is 0 Å². The number of methoxy groups -OCH3 is 1. The van der Waals surface area contributed by atoms with Gasteiger partial charge in [-0.05, 0) is 48.5 Å². The van der Waals surface area contributed by atoms with E-state index in [0.717, 1.165) is 26.8 Å². The predicted octanol–water partition coefficient (Wildman–Crippen LogP) is 6.19. The van der Waals surface area contributed by atoms with Gasteiger partial charge >= 0.3 is 6.03 Å². The minimum absolute atomic E-state index is 0.400. The third-order valence-corrected chi connectivity index (χ3v) is 5.94. The van der Waals surface area contributed by atoms with Crippen molar-refractivity contribution in [3.63, 3.8) is 0 Å². The highest BCUT2D eigenvalue weighted by Crippen LogP contribution is 2.30. The molecule has 5 aromatic rings. The minimum Gasteiger partial charge on any atom is -0.495 e. The van der Waals surface area contributed by atoms with E-state index < -0.39 is 6.03 Å². The second-order valence-electron chi connectivity index (χ2n) is 7.92. The number of carbonyl (C=O) groups is 1. The molecule has 0 saturated heterocycles. The van der Waals surface area contributed by atoms with Crippen LogP contribution in [-0.4, -0.2) is 32.7 Å². The van der Waals surface area contributed by atoms with Crippen molar-refractivity contribution in [1.29, 1.82) is 0 Å². The molecule has 0 fully saturated rings. The van der Waals surface area contributed by atoms with E-state index in [4.69, 9.17) is 14.7 Å². The average Bonchev–Trinajstić information content (AvgIpc) is 3.26. The van der Waals surface area contributed by atoms with Crippen molar-refractivity contribution < 1.29 is 9.53 Å². The summed E-state index contributed by atoms with van der Waals surface area (Å²) in [4.78, 5) is 26.3. The van der Waals surface area contributed by atoms with E-state index in [1.54, 1.807) is 37.7 Å². The molecule has 10 heteroatoms. The molecule has 0 radical (unpaired) electrons. The SMILES string of the molecule is COc1ccc(Br)cc1NC(=O)Nc1cccc(-c2nc(Nc3ccncc3)c3c(ccn3C)n2)c1. The Hall–Kier alpha value is -4.44. The molecule has 36 heavy (non-hydrogen) atoms. The summed E-state index contributed by atoms with van der Waals surface area (Å²) in [5.41, 5.74) is 4.46. The van der Waals surface area contributed by atoms with Gasteiger partial charge in [-0.15, -0.1) is 0 Å². The van der Waals surface area contributed by atoms with Crippen LogP contribution in [0.25, 0.3) is 22.4 Å². The molecular weight excluding hydrogens is 522 g/mol. The molecule has 0 bridgehead atoms. The van der Waals surface area contributed by atoms with E-state index in [1.807, 2.05) is 60.3 Å². The van der Waals surface area contributed by atoms with Gasteiger partial charge in [-0.2, -0.15) is 0 Å². The Morgan fingerprint density at radius 2 is 1.81 bits per heavy atom. The predicted molar refractivity (Wildman–Crippen MR) is 145 cm³/mol. The number of fused-ring (bicyclic) bond motifs is 1. The number of aromatic nitrogens is 4. The van der Waals surface area contributed by atoms with Crippen LogP contribution in [0.3, 0.4) is 0 Å². The van der Waals surface area contributed by atoms with Crippen LogP contribution in [-0.2, 0) is 7.05 Å². The number of rotatable bonds is 6. The number of nitrogens with zero attached hydrogens (tertiary/aromatic N) is 4. The standard InChI is InChI=1S/C26H22BrN7O2/c1-34-13-10-20-23(34)25(29-18-8-11-28-12-9-18)33-24(31-20)16-4-3-5-19(14-16)30-26(35)32-21-15-17(27)6-7-22(21)36-2/h3-15H,1-2H3,(H2,30,32,35)(H,28,29,31,33). The summed E-state index contributed by atoms with van der Waals surface area (Å²) in [6.45, 7) is 0. The zero-order chi connectivity index (χ0) is 25.1. The number of hydrogen-bond acceptors (Lipinski definition) is 6. The van der Waals surface area contributed by atoms with Gasteiger partial charge in [-0.25, -0.2) is 14.8 Å². The molecule has 2 aromatic carbocycles. The molecule has 3 aromatic heterocycles. The number of anilines is 4. The first-order valence-electron chi connectivity index (χ1n) is 11.0. The lowest BCUT2D eigenvalue weighted by Gasteiger charge is -2.13. The summed E-state index contributed by atoms with van der Waals surface area (Å²) >= 11 is 3.41. The molecule has 0 saturated carbocycles. The molecule has 0 aliphatic heterocycles. The molecule has 0 aliphatic carbocycles. The number of urea groups is 1. The van der Waals surface area contributed by atoms with Gasteiger partial charge < -0.3 is 25.3 Å². The highest BCUT2D eigenvalue weighted by molar-refractivity contribution is 9.10. The fraction of sp³-hybridized carbons (Fsp3) is 0.0769. The first-order valence-corrected chi connectivity index (χ1v) is 11.8. The van der Waals surface area contributed by atoms with E-state index in [9.17, 15) is 4.79 Å². The van der Waals surface area contributed by atoms with E-state index in [0.29, 0.717) is 28.8 Å². The van der Waals surface area contributed by atoms with Gasteiger partial charge in [-0.3, -0.25) is 4.98 Å². The fourth-order valence-corrected chi connectivity index (χ4v) is 4.14. The Morgan fingerprint density at radius 1 is 0.972 bits per heavy atom. The van der Waals surface area contributed by atoms with Crippen LogP contribution < -0.4 is 20.7 Å². The smallest absolute Gasteiger partial charge is 0.323 e. The molecule has 180 valence electrons. The maximum Gasteiger partial charge on any atom is 0.323 e. The average molecular weight is 544 g/mol. The fourth-order valence-electron chi connectivity index (χ4n) is 3.78. The number of pyridine rings is 1. The summed E-state index contributed by atoms with van der Waals surface area (Å²) in [7, 11) is 3.50. The molecule has 0 atom stereocenters. The Labute approximate surface area is 215 Å². The van der Waals surface area contributed by atoms with Gasteiger partial charge in [0.05, 0.1) is 18.3 Å². The van der Waals surface area contributed by atoms with Crippen LogP contribution in [0.2, 0.25) is 0 Å². The zero-order valence-electron chi connectivity index (χ0n) is 19.5. The number of ether oxygens (including phenoxy) is 1. The van der Waals surface area contributed by atoms with Gasteiger partial charge in [0.1, 0.15) is 11.3 Å². The van der Waals surface area contributed by atoms with Crippen molar-refractivity contribution >= 4 is 55.9 Å². The van der Waals surface area contributed by atoms with Crippen molar-refractivity contribution in [2.75, 3.05) is 23.1 Å². The van der Waals surface area contributed by atoms with Crippen molar-refractivity contribution in [1.82, 2.24) is 19.5 Å². The van der Waals surface area contributed by atoms with Crippen LogP contribution in [0.1, 0.15) is 0 Å². The first kappa shape index (κ1) is 23.3. The molecule has 5 rings (SSSR count). The first-order chi connectivity index (χ1) is 17.5. The minimum atomic E-state index is -0.400. The lowest BCUT2D eigenvalue weighted by Crippen LogP contribution is -2.19. The van der Waals surface area contributed by atoms with Crippen molar-refractivity contribution in [2.24, 2.45) is 7.05 Å². The topological polar surface area (TPSA) is 106 Å². The van der Waals surface area contributed by atoms with Crippen LogP contribution in [0, 0.1) is 0 Å². The van der Waals surface area contributed by atoms with Gasteiger partial charge in [0.25, 0.3) is 0 Å². The Morgan fingerprint density at radius 3 is 2.61 bits per heavy atom. The van der Waals surface area contributed by atoms with E-state index in [1.165, 1.54) is 0 Å². The second kappa shape index (κ2) is 10.0. The number of hydrogen-bond donors (Lipinski definition) is 3. The maximum atomic E-state index is 12.7. The van der Waals surface area contributed by atoms with Crippen LogP contribution in [0.4, 0.5) is 27.7 Å². The molecule has 0 aliphatic rings. The lowest BCUT2D eigenvalue weighted by atomic mass is 10.2. The van der Waals surface area contributed by atoms with Gasteiger partial charge in [0.15, 0.2) is 11.6 Å². The highest BCUT2D eigenvalue weighted by atomic mass is 79.9. The largest absolute Gasteiger partial charge is 0.495 e. The second-order valence-corrected chi connectivity index (χ2v) is 8.84. The molecule has 2 amide bonds. The Kier molecular flexibility index (Phi) is 6.50. The normalized spacial score (nSPS) is 10.8. The molecule has 3 N–H and O–H groups in total. The maximum absolute atomic E-state index is 12.7. The van der Waals surface area contributed by atoms with Gasteiger partial charge in [0, 0.05) is 47.0 Å². The summed E-state index contributed by atoms with van der Waals surface area (Å²) in [5, 5.41) is 9.05. The summed E-state index contributed by atoms with van der Waals surface area (Å²) in [5.74, 6) is 1.76. The monoisotopic (exact) mass is 543 g/mol. The number of nitrogens with one attached hydrogen (secondary N) is 3. The molecule has 9 nitrogen and oxygen atoms in total. The number of amides is 2. The summed E-state index contributed by atoms with van der Waals surface area (Å²) in [6.07, 6.45) is 5.38. The van der Waals surface area contributed by atoms with Crippen LogP contribution in [0.5, 0.6) is 5.75 Å². The molecule has 0 spiro atoms. The van der Waals surface area contributed by atoms with Crippen molar-refractivity contribution in [3.8, 4) is 17.1 Å². The third kappa shape index (κ3) is 4.98. The Bertz CT molecular complexity index is 1550. The Balaban J connectivity index is 1.43. The van der Waals surface area contributed by atoms with Crippen molar-refractivity contribution in [2.45, 2.75) is 0 Å². The number of benzene rings is 2. The quantitative estimate of drug-likeness (QED) is 0.236. The molecule has 3 heterocycles. The lowest BCUT2D eigenvalue weighted by molar-refractivity contribution is 0.262. The number of aryl methyl sites for hydroxylation is 1. The molecule has 0 unspecified atom stereocenters. The van der Waals surface area contributed by atoms with Crippen molar-refractivity contribution in [3.05, 3.63) is 83.7 Å². The molecular formula is C26H22BrN7O2. The van der Waals surface area contributed by atoms with Crippen LogP contribution >= 0.6 is 15.9 Å². The van der Waals surface area contributed by atoms with Gasteiger partial charge in [0.2, 0.25) is 0 Å². The highest BCUT2D eigenvalue weighted by Gasteiger charge is 2.14. The summed E-state index contributed by atoms with van der Waals surface area (Å²) in [6, 6.07) is 18.1. The zero-order valence-corrected chi connectivity index (χ0v) is 21.1. The summed E-state index contributed by atoms with van der Waals surface area (Å²) < 4.78 is 8.13. The van der Waals surface area contributed by atoms with E-state index >= 15 is 0 Å². The van der Waals surface area contributed by atoms with Gasteiger partial charge in [-0.1, -0.05) is 28.1 Å². The number of halogens is 1.